The van der Waals surface area contributed by atoms with E-state index in [2.05, 4.69) is 4.98 Å². The SMILES string of the molecule is O=c1c2cc(-c3ccccc3)sc2ncn1CC(O)COc1ccc(F)cc1. The second-order valence-electron chi connectivity index (χ2n) is 6.32. The lowest BCUT2D eigenvalue weighted by atomic mass is 10.2. The molecule has 142 valence electrons. The number of rotatable bonds is 6. The van der Waals surface area contributed by atoms with E-state index in [1.807, 2.05) is 36.4 Å². The third-order valence-electron chi connectivity index (χ3n) is 4.24. The average Bonchev–Trinajstić information content (AvgIpc) is 3.16. The Kier molecular flexibility index (Phi) is 5.18. The van der Waals surface area contributed by atoms with Crippen LogP contribution >= 0.6 is 11.3 Å². The number of ether oxygens (including phenoxy) is 1. The summed E-state index contributed by atoms with van der Waals surface area (Å²) in [6, 6.07) is 17.2. The smallest absolute Gasteiger partial charge is 0.262 e. The number of hydrogen-bond donors (Lipinski definition) is 1. The molecule has 0 bridgehead atoms. The molecule has 0 saturated carbocycles. The minimum absolute atomic E-state index is 0.0188. The summed E-state index contributed by atoms with van der Waals surface area (Å²) < 4.78 is 19.7. The van der Waals surface area contributed by atoms with Crippen molar-refractivity contribution in [1.29, 1.82) is 0 Å². The Hall–Kier alpha value is -3.03. The van der Waals surface area contributed by atoms with Crippen LogP contribution in [0.15, 0.2) is 71.8 Å². The van der Waals surface area contributed by atoms with Crippen LogP contribution in [0.4, 0.5) is 4.39 Å². The maximum Gasteiger partial charge on any atom is 0.262 e. The number of aromatic nitrogens is 2. The van der Waals surface area contributed by atoms with Gasteiger partial charge >= 0.3 is 0 Å². The fourth-order valence-corrected chi connectivity index (χ4v) is 3.83. The number of aliphatic hydroxyl groups excluding tert-OH is 1. The lowest BCUT2D eigenvalue weighted by molar-refractivity contribution is 0.0914. The molecule has 2 aromatic carbocycles. The summed E-state index contributed by atoms with van der Waals surface area (Å²) in [7, 11) is 0. The molecule has 1 unspecified atom stereocenters. The molecule has 2 heterocycles. The van der Waals surface area contributed by atoms with E-state index in [0.29, 0.717) is 16.0 Å². The quantitative estimate of drug-likeness (QED) is 0.540. The molecular weight excluding hydrogens is 379 g/mol. The summed E-state index contributed by atoms with van der Waals surface area (Å²) >= 11 is 1.46. The molecule has 1 atom stereocenters. The first-order valence-electron chi connectivity index (χ1n) is 8.71. The molecule has 0 saturated heterocycles. The van der Waals surface area contributed by atoms with Crippen molar-refractivity contribution in [3.8, 4) is 16.2 Å². The first kappa shape index (κ1) is 18.3. The minimum atomic E-state index is -0.908. The predicted octanol–water partition coefficient (Wildman–Crippen LogP) is 3.70. The molecule has 0 spiro atoms. The number of benzene rings is 2. The zero-order valence-corrected chi connectivity index (χ0v) is 15.6. The molecule has 0 aliphatic heterocycles. The maximum atomic E-state index is 12.9. The molecule has 2 aromatic heterocycles. The van der Waals surface area contributed by atoms with Crippen LogP contribution in [0.25, 0.3) is 20.7 Å². The average molecular weight is 396 g/mol. The summed E-state index contributed by atoms with van der Waals surface area (Å²) in [5, 5.41) is 10.7. The van der Waals surface area contributed by atoms with Crippen LogP contribution in [-0.4, -0.2) is 27.4 Å². The van der Waals surface area contributed by atoms with E-state index in [-0.39, 0.29) is 24.5 Å². The van der Waals surface area contributed by atoms with Gasteiger partial charge in [-0.3, -0.25) is 9.36 Å². The van der Waals surface area contributed by atoms with E-state index in [1.165, 1.54) is 46.5 Å². The first-order valence-corrected chi connectivity index (χ1v) is 9.52. The molecular formula is C21H17FN2O3S. The van der Waals surface area contributed by atoms with Crippen molar-refractivity contribution < 1.29 is 14.2 Å². The molecule has 0 aliphatic carbocycles. The van der Waals surface area contributed by atoms with Gasteiger partial charge in [0, 0.05) is 4.88 Å². The molecule has 4 aromatic rings. The number of fused-ring (bicyclic) bond motifs is 1. The molecule has 0 aliphatic rings. The zero-order valence-electron chi connectivity index (χ0n) is 14.8. The Bertz CT molecular complexity index is 1140. The number of aliphatic hydroxyl groups is 1. The van der Waals surface area contributed by atoms with Crippen molar-refractivity contribution in [2.75, 3.05) is 6.61 Å². The summed E-state index contributed by atoms with van der Waals surface area (Å²) in [6.07, 6.45) is 0.533. The third kappa shape index (κ3) is 3.95. The number of thiophene rings is 1. The van der Waals surface area contributed by atoms with Gasteiger partial charge in [-0.05, 0) is 35.9 Å². The van der Waals surface area contributed by atoms with Crippen LogP contribution < -0.4 is 10.3 Å². The minimum Gasteiger partial charge on any atom is -0.491 e. The molecule has 5 nitrogen and oxygen atoms in total. The molecule has 1 N–H and O–H groups in total. The van der Waals surface area contributed by atoms with Crippen molar-refractivity contribution >= 4 is 21.6 Å². The normalized spacial score (nSPS) is 12.2. The zero-order chi connectivity index (χ0) is 19.5. The van der Waals surface area contributed by atoms with Crippen molar-refractivity contribution in [2.45, 2.75) is 12.6 Å². The van der Waals surface area contributed by atoms with Crippen LogP contribution in [0.5, 0.6) is 5.75 Å². The lowest BCUT2D eigenvalue weighted by Gasteiger charge is -2.13. The third-order valence-corrected chi connectivity index (χ3v) is 5.33. The van der Waals surface area contributed by atoms with Crippen molar-refractivity contribution in [1.82, 2.24) is 9.55 Å². The van der Waals surface area contributed by atoms with Crippen LogP contribution in [0, 0.1) is 5.82 Å². The summed E-state index contributed by atoms with van der Waals surface area (Å²) in [6.45, 7) is 0.0362. The van der Waals surface area contributed by atoms with E-state index in [9.17, 15) is 14.3 Å². The van der Waals surface area contributed by atoms with E-state index < -0.39 is 6.10 Å². The molecule has 0 fully saturated rings. The van der Waals surface area contributed by atoms with Gasteiger partial charge in [-0.15, -0.1) is 11.3 Å². The first-order chi connectivity index (χ1) is 13.6. The summed E-state index contributed by atoms with van der Waals surface area (Å²) in [5.41, 5.74) is 0.827. The highest BCUT2D eigenvalue weighted by molar-refractivity contribution is 7.21. The fourth-order valence-electron chi connectivity index (χ4n) is 2.84. The molecule has 7 heteroatoms. The van der Waals surface area contributed by atoms with Crippen LogP contribution in [-0.2, 0) is 6.54 Å². The van der Waals surface area contributed by atoms with Crippen molar-refractivity contribution in [3.63, 3.8) is 0 Å². The molecule has 4 rings (SSSR count). The predicted molar refractivity (Wildman–Crippen MR) is 107 cm³/mol. The monoisotopic (exact) mass is 396 g/mol. The highest BCUT2D eigenvalue weighted by Gasteiger charge is 2.13. The van der Waals surface area contributed by atoms with Gasteiger partial charge in [0.25, 0.3) is 5.56 Å². The Labute approximate surface area is 164 Å². The standard InChI is InChI=1S/C21H17FN2O3S/c22-15-6-8-17(9-7-15)27-12-16(25)11-24-13-23-20-18(21(24)26)10-19(28-20)14-4-2-1-3-5-14/h1-10,13,16,25H,11-12H2. The number of hydrogen-bond acceptors (Lipinski definition) is 5. The van der Waals surface area contributed by atoms with E-state index >= 15 is 0 Å². The Morgan fingerprint density at radius 2 is 1.89 bits per heavy atom. The van der Waals surface area contributed by atoms with Gasteiger partial charge < -0.3 is 9.84 Å². The maximum absolute atomic E-state index is 12.9. The Balaban J connectivity index is 1.50. The molecule has 0 radical (unpaired) electrons. The van der Waals surface area contributed by atoms with Gasteiger partial charge in [0.15, 0.2) is 0 Å². The van der Waals surface area contributed by atoms with Crippen molar-refractivity contribution in [2.24, 2.45) is 0 Å². The summed E-state index contributed by atoms with van der Waals surface area (Å²) in [4.78, 5) is 18.7. The van der Waals surface area contributed by atoms with Gasteiger partial charge in [0.05, 0.1) is 18.3 Å². The second-order valence-corrected chi connectivity index (χ2v) is 7.35. The fraction of sp³-hybridized carbons (Fsp3) is 0.143. The van der Waals surface area contributed by atoms with Crippen LogP contribution in [0.1, 0.15) is 0 Å². The van der Waals surface area contributed by atoms with E-state index in [0.717, 1.165) is 10.4 Å². The van der Waals surface area contributed by atoms with Gasteiger partial charge in [-0.2, -0.15) is 0 Å². The summed E-state index contributed by atoms with van der Waals surface area (Å²) in [5.74, 6) is 0.0937. The Morgan fingerprint density at radius 3 is 2.64 bits per heavy atom. The second kappa shape index (κ2) is 7.92. The lowest BCUT2D eigenvalue weighted by Crippen LogP contribution is -2.30. The number of nitrogens with zero attached hydrogens (tertiary/aromatic N) is 2. The topological polar surface area (TPSA) is 64.4 Å². The van der Waals surface area contributed by atoms with Gasteiger partial charge in [0.1, 0.15) is 29.1 Å². The molecule has 28 heavy (non-hydrogen) atoms. The highest BCUT2D eigenvalue weighted by Crippen LogP contribution is 2.30. The van der Waals surface area contributed by atoms with Crippen LogP contribution in [0.3, 0.4) is 0 Å². The molecule has 0 amide bonds. The van der Waals surface area contributed by atoms with Crippen LogP contribution in [0.2, 0.25) is 0 Å². The Morgan fingerprint density at radius 1 is 1.14 bits per heavy atom. The number of halogens is 1. The van der Waals surface area contributed by atoms with Gasteiger partial charge in [-0.1, -0.05) is 30.3 Å². The van der Waals surface area contributed by atoms with E-state index in [1.54, 1.807) is 0 Å². The van der Waals surface area contributed by atoms with Gasteiger partial charge in [-0.25, -0.2) is 9.37 Å². The van der Waals surface area contributed by atoms with Crippen molar-refractivity contribution in [3.05, 3.63) is 83.2 Å². The highest BCUT2D eigenvalue weighted by atomic mass is 32.1. The van der Waals surface area contributed by atoms with Gasteiger partial charge in [0.2, 0.25) is 0 Å². The largest absolute Gasteiger partial charge is 0.491 e. The van der Waals surface area contributed by atoms with E-state index in [4.69, 9.17) is 4.74 Å².